The minimum Gasteiger partial charge on any atom is -0.353 e. The van der Waals surface area contributed by atoms with E-state index in [1.54, 1.807) is 24.3 Å². The van der Waals surface area contributed by atoms with Gasteiger partial charge >= 0.3 is 0 Å². The van der Waals surface area contributed by atoms with E-state index >= 15 is 0 Å². The van der Waals surface area contributed by atoms with E-state index < -0.39 is 0 Å². The van der Waals surface area contributed by atoms with Crippen LogP contribution < -0.4 is 10.7 Å². The van der Waals surface area contributed by atoms with Crippen LogP contribution >= 0.6 is 74.9 Å². The van der Waals surface area contributed by atoms with E-state index in [0.29, 0.717) is 38.8 Å². The van der Waals surface area contributed by atoms with Crippen molar-refractivity contribution in [3.05, 3.63) is 103 Å². The number of hydrogen-bond donors (Lipinski definition) is 2. The fraction of sp³-hybridized carbons (Fsp3) is 0.138. The van der Waals surface area contributed by atoms with E-state index in [2.05, 4.69) is 36.9 Å². The van der Waals surface area contributed by atoms with Crippen LogP contribution in [0.2, 0.25) is 10.0 Å². The van der Waals surface area contributed by atoms with Gasteiger partial charge in [0.05, 0.1) is 26.4 Å². The predicted octanol–water partition coefficient (Wildman–Crippen LogP) is 7.73. The first-order valence-corrected chi connectivity index (χ1v) is 16.7. The van der Waals surface area contributed by atoms with Crippen molar-refractivity contribution in [3.63, 3.8) is 0 Å². The average Bonchev–Trinajstić information content (AvgIpc) is 3.50. The van der Waals surface area contributed by atoms with Gasteiger partial charge in [0, 0.05) is 23.1 Å². The van der Waals surface area contributed by atoms with Gasteiger partial charge < -0.3 is 9.88 Å². The highest BCUT2D eigenvalue weighted by molar-refractivity contribution is 9.10. The van der Waals surface area contributed by atoms with Crippen LogP contribution in [-0.4, -0.2) is 41.7 Å². The maximum Gasteiger partial charge on any atom is 0.285 e. The number of hydrogen-bond acceptors (Lipinski definition) is 8. The van der Waals surface area contributed by atoms with Crippen LogP contribution in [-0.2, 0) is 22.6 Å². The zero-order valence-corrected chi connectivity index (χ0v) is 28.1. The Hall–Kier alpha value is -2.87. The molecule has 2 heterocycles. The molecule has 1 saturated heterocycles. The number of nitrogens with one attached hydrogen (secondary N) is 2. The molecule has 14 heteroatoms. The Kier molecular flexibility index (Phi) is 10.5. The molecular weight excluding hydrogens is 711 g/mol. The first-order valence-electron chi connectivity index (χ1n) is 12.9. The van der Waals surface area contributed by atoms with Gasteiger partial charge in [-0.05, 0) is 66.7 Å². The average molecular weight is 735 g/mol. The van der Waals surface area contributed by atoms with Crippen molar-refractivity contribution in [1.82, 2.24) is 25.2 Å². The molecule has 43 heavy (non-hydrogen) atoms. The summed E-state index contributed by atoms with van der Waals surface area (Å²) in [7, 11) is 0. The molecule has 3 aromatic carbocycles. The molecule has 0 spiro atoms. The molecule has 0 radical (unpaired) electrons. The summed E-state index contributed by atoms with van der Waals surface area (Å²) in [5.41, 5.74) is 5.92. The van der Waals surface area contributed by atoms with Crippen molar-refractivity contribution in [2.24, 2.45) is 0 Å². The number of hydrazine groups is 1. The Morgan fingerprint density at radius 2 is 1.79 bits per heavy atom. The number of anilines is 2. The van der Waals surface area contributed by atoms with Crippen molar-refractivity contribution in [1.29, 1.82) is 0 Å². The molecule has 5 rings (SSSR count). The van der Waals surface area contributed by atoms with Crippen LogP contribution in [0.1, 0.15) is 23.9 Å². The third-order valence-corrected chi connectivity index (χ3v) is 9.66. The number of carbonyl (C=O) groups is 2. The summed E-state index contributed by atoms with van der Waals surface area (Å²) < 4.78 is 3.15. The van der Waals surface area contributed by atoms with Crippen LogP contribution in [0.3, 0.4) is 0 Å². The van der Waals surface area contributed by atoms with Gasteiger partial charge in [-0.15, -0.1) is 10.2 Å². The Morgan fingerprint density at radius 1 is 1.07 bits per heavy atom. The first-order chi connectivity index (χ1) is 20.7. The fourth-order valence-corrected chi connectivity index (χ4v) is 6.90. The van der Waals surface area contributed by atoms with Crippen LogP contribution in [0.25, 0.3) is 6.08 Å². The second-order valence-corrected chi connectivity index (χ2v) is 13.4. The predicted molar refractivity (Wildman–Crippen MR) is 183 cm³/mol. The van der Waals surface area contributed by atoms with E-state index in [-0.39, 0.29) is 21.9 Å². The van der Waals surface area contributed by atoms with Crippen LogP contribution in [0.5, 0.6) is 0 Å². The lowest BCUT2D eigenvalue weighted by Gasteiger charge is -2.16. The smallest absolute Gasteiger partial charge is 0.285 e. The molecule has 220 valence electrons. The number of amides is 2. The van der Waals surface area contributed by atoms with Gasteiger partial charge in [0.1, 0.15) is 5.82 Å². The highest BCUT2D eigenvalue weighted by Gasteiger charge is 2.33. The first kappa shape index (κ1) is 31.6. The zero-order valence-electron chi connectivity index (χ0n) is 22.5. The summed E-state index contributed by atoms with van der Waals surface area (Å²) in [5, 5.41) is 14.8. The fourth-order valence-electron chi connectivity index (χ4n) is 4.15. The molecule has 0 aliphatic carbocycles. The Morgan fingerprint density at radius 3 is 2.51 bits per heavy atom. The SMILES string of the molecule is CCn1c(Cc2ccccc2Nc2c(Cl)cccc2Cl)nnc1SCC(=O)NN1C(=O)/C(=C/c2ccc(Br)cc2)SC1=S. The van der Waals surface area contributed by atoms with Crippen molar-refractivity contribution >= 4 is 108 Å². The van der Waals surface area contributed by atoms with E-state index in [1.807, 2.05) is 60.0 Å². The standard InChI is InChI=1S/C29H23BrCl2N6O2S3/c1-2-37-24(15-18-6-3-4-9-22(18)33-26-20(31)7-5-8-21(26)32)34-35-28(37)42-16-25(39)36-38-27(40)23(43-29(38)41)14-17-10-12-19(30)13-11-17/h3-14,33H,2,15-16H2,1H3,(H,36,39)/b23-14-. The van der Waals surface area contributed by atoms with E-state index in [4.69, 9.17) is 35.4 Å². The van der Waals surface area contributed by atoms with Gasteiger partial charge in [-0.1, -0.05) is 99.1 Å². The number of benzene rings is 3. The quantitative estimate of drug-likeness (QED) is 0.0973. The van der Waals surface area contributed by atoms with E-state index in [1.165, 1.54) is 11.8 Å². The largest absolute Gasteiger partial charge is 0.353 e. The Labute approximate surface area is 280 Å². The normalized spacial score (nSPS) is 14.0. The molecule has 0 bridgehead atoms. The topological polar surface area (TPSA) is 92.2 Å². The maximum absolute atomic E-state index is 12.9. The van der Waals surface area contributed by atoms with Crippen LogP contribution in [0.4, 0.5) is 11.4 Å². The van der Waals surface area contributed by atoms with Gasteiger partial charge in [-0.3, -0.25) is 15.0 Å². The number of para-hydroxylation sites is 2. The summed E-state index contributed by atoms with van der Waals surface area (Å²) in [6, 6.07) is 20.7. The molecule has 1 aliphatic heterocycles. The Balaban J connectivity index is 1.23. The van der Waals surface area contributed by atoms with E-state index in [0.717, 1.165) is 43.9 Å². The number of thioether (sulfide) groups is 2. The van der Waals surface area contributed by atoms with Crippen molar-refractivity contribution < 1.29 is 9.59 Å². The number of halogens is 3. The molecule has 8 nitrogen and oxygen atoms in total. The Bertz CT molecular complexity index is 1710. The number of thiocarbonyl (C=S) groups is 1. The third kappa shape index (κ3) is 7.62. The molecule has 0 atom stereocenters. The summed E-state index contributed by atoms with van der Waals surface area (Å²) in [6.07, 6.45) is 2.23. The minimum atomic E-state index is -0.385. The van der Waals surface area contributed by atoms with Gasteiger partial charge in [0.2, 0.25) is 5.91 Å². The van der Waals surface area contributed by atoms with Crippen molar-refractivity contribution in [3.8, 4) is 0 Å². The molecule has 2 amide bonds. The molecule has 4 aromatic rings. The third-order valence-electron chi connectivity index (χ3n) is 6.23. The summed E-state index contributed by atoms with van der Waals surface area (Å²) in [6.45, 7) is 2.59. The summed E-state index contributed by atoms with van der Waals surface area (Å²) >= 11 is 23.9. The molecule has 1 aliphatic rings. The second-order valence-electron chi connectivity index (χ2n) is 9.09. The molecule has 0 unspecified atom stereocenters. The van der Waals surface area contributed by atoms with Crippen LogP contribution in [0, 0.1) is 0 Å². The lowest BCUT2D eigenvalue weighted by Crippen LogP contribution is -2.45. The van der Waals surface area contributed by atoms with E-state index in [9.17, 15) is 9.59 Å². The lowest BCUT2D eigenvalue weighted by atomic mass is 10.1. The van der Waals surface area contributed by atoms with Gasteiger partial charge in [-0.2, -0.15) is 5.01 Å². The summed E-state index contributed by atoms with van der Waals surface area (Å²) in [5.74, 6) is -0.00508. The van der Waals surface area contributed by atoms with Gasteiger partial charge in [0.15, 0.2) is 9.48 Å². The monoisotopic (exact) mass is 732 g/mol. The second kappa shape index (κ2) is 14.3. The number of nitrogens with zero attached hydrogens (tertiary/aromatic N) is 4. The summed E-state index contributed by atoms with van der Waals surface area (Å²) in [4.78, 5) is 26.2. The number of aromatic nitrogens is 3. The molecule has 0 saturated carbocycles. The number of carbonyl (C=O) groups excluding carboxylic acids is 2. The van der Waals surface area contributed by atoms with Crippen LogP contribution in [0.15, 0.2) is 81.3 Å². The zero-order chi connectivity index (χ0) is 30.5. The minimum absolute atomic E-state index is 0.0180. The van der Waals surface area contributed by atoms with Gasteiger partial charge in [0.25, 0.3) is 5.91 Å². The molecule has 1 fully saturated rings. The van der Waals surface area contributed by atoms with Crippen molar-refractivity contribution in [2.45, 2.75) is 25.0 Å². The molecule has 2 N–H and O–H groups in total. The molecular formula is C29H23BrCl2N6O2S3. The number of rotatable bonds is 10. The lowest BCUT2D eigenvalue weighted by molar-refractivity contribution is -0.131. The van der Waals surface area contributed by atoms with Gasteiger partial charge in [-0.25, -0.2) is 0 Å². The van der Waals surface area contributed by atoms with Crippen molar-refractivity contribution in [2.75, 3.05) is 11.1 Å². The highest BCUT2D eigenvalue weighted by Crippen LogP contribution is 2.34. The molecule has 1 aromatic heterocycles. The highest BCUT2D eigenvalue weighted by atomic mass is 79.9. The maximum atomic E-state index is 12.9.